The third kappa shape index (κ3) is 3.94. The van der Waals surface area contributed by atoms with E-state index in [1.165, 1.54) is 58.0 Å². The molecule has 0 spiro atoms. The maximum Gasteiger partial charge on any atom is 0.213 e. The lowest BCUT2D eigenvalue weighted by Crippen LogP contribution is -2.90. The van der Waals surface area contributed by atoms with Gasteiger partial charge >= 0.3 is 0 Å². The fourth-order valence-electron chi connectivity index (χ4n) is 8.98. The fourth-order valence-corrected chi connectivity index (χ4v) is 8.98. The number of morpholine rings is 1. The Labute approximate surface area is 213 Å². The van der Waals surface area contributed by atoms with Gasteiger partial charge in [0.2, 0.25) is 5.85 Å². The van der Waals surface area contributed by atoms with Gasteiger partial charge in [0.1, 0.15) is 5.66 Å². The van der Waals surface area contributed by atoms with Crippen molar-refractivity contribution in [3.05, 3.63) is 0 Å². The lowest BCUT2D eigenvalue weighted by molar-refractivity contribution is -0.419. The van der Waals surface area contributed by atoms with Crippen LogP contribution < -0.4 is 16.0 Å². The Kier molecular flexibility index (Phi) is 7.21. The third-order valence-corrected chi connectivity index (χ3v) is 10.4. The van der Waals surface area contributed by atoms with Crippen LogP contribution in [-0.4, -0.2) is 129 Å². The van der Waals surface area contributed by atoms with Gasteiger partial charge in [-0.15, -0.1) is 0 Å². The zero-order valence-electron chi connectivity index (χ0n) is 22.5. The van der Waals surface area contributed by atoms with Crippen LogP contribution in [-0.2, 0) is 4.74 Å². The highest BCUT2D eigenvalue weighted by Crippen LogP contribution is 2.55. The van der Waals surface area contributed by atoms with Gasteiger partial charge in [0, 0.05) is 83.8 Å². The van der Waals surface area contributed by atoms with Crippen LogP contribution in [0.1, 0.15) is 51.9 Å². The quantitative estimate of drug-likeness (QED) is 0.524. The summed E-state index contributed by atoms with van der Waals surface area (Å²) in [7, 11) is 2.47. The average Bonchev–Trinajstić information content (AvgIpc) is 3.69. The summed E-state index contributed by atoms with van der Waals surface area (Å²) < 4.78 is 8.01. The lowest BCUT2D eigenvalue weighted by atomic mass is 9.74. The van der Waals surface area contributed by atoms with E-state index < -0.39 is 5.85 Å². The Morgan fingerprint density at radius 3 is 1.91 bits per heavy atom. The average molecular weight is 490 g/mol. The summed E-state index contributed by atoms with van der Waals surface area (Å²) in [5.74, 6) is 0.711. The summed E-state index contributed by atoms with van der Waals surface area (Å²) in [6, 6.07) is 0. The summed E-state index contributed by atoms with van der Waals surface area (Å²) in [4.78, 5) is 11.4. The van der Waals surface area contributed by atoms with Crippen LogP contribution in [0.5, 0.6) is 0 Å². The number of hydrogen-bond donors (Lipinski definition) is 3. The molecule has 0 aromatic carbocycles. The van der Waals surface area contributed by atoms with Crippen LogP contribution in [0.25, 0.3) is 0 Å². The molecule has 200 valence electrons. The lowest BCUT2D eigenvalue weighted by Gasteiger charge is -2.72. The van der Waals surface area contributed by atoms with E-state index in [2.05, 4.69) is 49.5 Å². The molecule has 0 aromatic rings. The van der Waals surface area contributed by atoms with E-state index in [1.807, 2.05) is 0 Å². The number of likely N-dealkylation sites (tertiary alicyclic amines) is 2. The topological polar surface area (TPSA) is 58.3 Å². The monoisotopic (exact) mass is 489 g/mol. The molecular formula is C27H51N7O. The van der Waals surface area contributed by atoms with E-state index >= 15 is 0 Å². The first-order chi connectivity index (χ1) is 17.1. The fraction of sp³-hybridized carbons (Fsp3) is 1.00. The Bertz CT molecular complexity index is 692. The zero-order chi connectivity index (χ0) is 23.9. The summed E-state index contributed by atoms with van der Waals surface area (Å²) >= 11 is 0. The van der Waals surface area contributed by atoms with E-state index in [1.54, 1.807) is 0 Å². The number of nitrogens with zero attached hydrogens (tertiary/aromatic N) is 4. The largest absolute Gasteiger partial charge is 0.336 e. The number of ether oxygens (including phenoxy) is 1. The molecule has 3 N–H and O–H groups in total. The minimum atomic E-state index is -0.411. The molecule has 0 bridgehead atoms. The molecule has 0 amide bonds. The van der Waals surface area contributed by atoms with Crippen LogP contribution in [0.15, 0.2) is 0 Å². The van der Waals surface area contributed by atoms with Gasteiger partial charge in [0.15, 0.2) is 0 Å². The maximum absolute atomic E-state index is 8.01. The van der Waals surface area contributed by atoms with Crippen molar-refractivity contribution in [1.29, 1.82) is 0 Å². The molecule has 5 unspecified atom stereocenters. The molecule has 8 nitrogen and oxygen atoms in total. The first-order valence-electron chi connectivity index (χ1n) is 14.9. The molecule has 0 aliphatic carbocycles. The van der Waals surface area contributed by atoms with Gasteiger partial charge in [-0.25, -0.2) is 0 Å². The first-order valence-corrected chi connectivity index (χ1v) is 14.9. The Morgan fingerprint density at radius 1 is 0.657 bits per heavy atom. The molecule has 6 rings (SSSR count). The highest BCUT2D eigenvalue weighted by atomic mass is 16.6. The molecular weight excluding hydrogens is 438 g/mol. The van der Waals surface area contributed by atoms with Crippen LogP contribution in [0.3, 0.4) is 0 Å². The van der Waals surface area contributed by atoms with E-state index in [0.29, 0.717) is 11.8 Å². The van der Waals surface area contributed by atoms with Gasteiger partial charge in [-0.3, -0.25) is 19.6 Å². The van der Waals surface area contributed by atoms with Crippen molar-refractivity contribution in [3.8, 4) is 0 Å². The molecule has 0 saturated carbocycles. The molecule has 0 radical (unpaired) electrons. The minimum absolute atomic E-state index is 0.129. The molecule has 6 aliphatic heterocycles. The predicted molar refractivity (Wildman–Crippen MR) is 140 cm³/mol. The summed E-state index contributed by atoms with van der Waals surface area (Å²) in [6.45, 7) is 16.9. The second-order valence-electron chi connectivity index (χ2n) is 12.5. The second kappa shape index (κ2) is 10.1. The standard InChI is InChI=1S/C27H51N7O/c1-25(23-8-7-10-29-20-23)22-31(2)26(24-9-11-30-21-24,32-14-3-4-15-32)27(35-25,33-16-5-6-17-33)34-18-12-28-13-19-34/h23-24,28-30H,3-22H2,1-2H3. The van der Waals surface area contributed by atoms with Crippen LogP contribution in [0.4, 0.5) is 0 Å². The third-order valence-electron chi connectivity index (χ3n) is 10.4. The molecule has 6 saturated heterocycles. The van der Waals surface area contributed by atoms with Crippen molar-refractivity contribution in [2.75, 3.05) is 92.1 Å². The van der Waals surface area contributed by atoms with E-state index in [4.69, 9.17) is 4.74 Å². The van der Waals surface area contributed by atoms with Crippen LogP contribution >= 0.6 is 0 Å². The number of piperidine rings is 1. The highest BCUT2D eigenvalue weighted by Gasteiger charge is 2.72. The Hall–Kier alpha value is -0.320. The maximum atomic E-state index is 8.01. The summed E-state index contributed by atoms with van der Waals surface area (Å²) in [5.41, 5.74) is -0.290. The number of rotatable bonds is 5. The molecule has 6 fully saturated rings. The van der Waals surface area contributed by atoms with Gasteiger partial charge in [0.25, 0.3) is 0 Å². The molecule has 35 heavy (non-hydrogen) atoms. The van der Waals surface area contributed by atoms with Crippen molar-refractivity contribution < 1.29 is 4.74 Å². The summed E-state index contributed by atoms with van der Waals surface area (Å²) in [6.07, 6.45) is 9.00. The van der Waals surface area contributed by atoms with Gasteiger partial charge < -0.3 is 20.7 Å². The van der Waals surface area contributed by atoms with Crippen molar-refractivity contribution in [1.82, 2.24) is 35.6 Å². The SMILES string of the molecule is CN1CC(C)(C2CCCNC2)OC(N2CCCC2)(N2CCNCC2)C1(C1CCNC1)N1CCCC1. The smallest absolute Gasteiger partial charge is 0.213 e. The van der Waals surface area contributed by atoms with Crippen molar-refractivity contribution >= 4 is 0 Å². The van der Waals surface area contributed by atoms with Crippen molar-refractivity contribution in [2.24, 2.45) is 11.8 Å². The molecule has 5 atom stereocenters. The number of piperazine rings is 1. The van der Waals surface area contributed by atoms with Crippen LogP contribution in [0.2, 0.25) is 0 Å². The van der Waals surface area contributed by atoms with Gasteiger partial charge in [-0.05, 0) is 72.0 Å². The molecule has 6 heterocycles. The van der Waals surface area contributed by atoms with Gasteiger partial charge in [-0.2, -0.15) is 0 Å². The Morgan fingerprint density at radius 2 is 1.29 bits per heavy atom. The van der Waals surface area contributed by atoms with Gasteiger partial charge in [-0.1, -0.05) is 0 Å². The number of hydrogen-bond acceptors (Lipinski definition) is 8. The first kappa shape index (κ1) is 25.0. The van der Waals surface area contributed by atoms with E-state index in [-0.39, 0.29) is 11.3 Å². The van der Waals surface area contributed by atoms with Crippen molar-refractivity contribution in [3.63, 3.8) is 0 Å². The molecule has 6 aliphatic rings. The predicted octanol–water partition coefficient (Wildman–Crippen LogP) is 0.763. The normalized spacial score (nSPS) is 45.4. The Balaban J connectivity index is 1.53. The van der Waals surface area contributed by atoms with Crippen molar-refractivity contribution in [2.45, 2.75) is 69.0 Å². The van der Waals surface area contributed by atoms with Crippen LogP contribution in [0, 0.1) is 11.8 Å². The highest BCUT2D eigenvalue weighted by molar-refractivity contribution is 5.17. The summed E-state index contributed by atoms with van der Waals surface area (Å²) in [5, 5.41) is 11.2. The van der Waals surface area contributed by atoms with E-state index in [0.717, 1.165) is 72.0 Å². The number of likely N-dealkylation sites (N-methyl/N-ethyl adjacent to an activating group) is 1. The molecule has 0 aromatic heterocycles. The minimum Gasteiger partial charge on any atom is -0.336 e. The van der Waals surface area contributed by atoms with Gasteiger partial charge in [0.05, 0.1) is 5.60 Å². The number of nitrogens with one attached hydrogen (secondary N) is 3. The molecule has 8 heteroatoms. The second-order valence-corrected chi connectivity index (χ2v) is 12.5. The zero-order valence-corrected chi connectivity index (χ0v) is 22.5. The van der Waals surface area contributed by atoms with E-state index in [9.17, 15) is 0 Å².